The van der Waals surface area contributed by atoms with E-state index in [2.05, 4.69) is 21.6 Å². The number of pyridine rings is 1. The number of sulfonamides is 1. The molecule has 3 rings (SSSR count). The SMILES string of the molecule is C=C(F)C(=O)Nc1ccc(Oc2ncc(C)cc2NS(=O)(=O)c2cccc(Cl)c2)cc1. The molecule has 0 aliphatic heterocycles. The number of carbonyl (C=O) groups excluding carboxylic acids is 1. The monoisotopic (exact) mass is 461 g/mol. The second kappa shape index (κ2) is 9.15. The van der Waals surface area contributed by atoms with E-state index >= 15 is 0 Å². The predicted molar refractivity (Wildman–Crippen MR) is 117 cm³/mol. The van der Waals surface area contributed by atoms with Crippen LogP contribution in [0, 0.1) is 6.92 Å². The molecular weight excluding hydrogens is 445 g/mol. The van der Waals surface area contributed by atoms with Gasteiger partial charge in [-0.15, -0.1) is 0 Å². The molecule has 10 heteroatoms. The summed E-state index contributed by atoms with van der Waals surface area (Å²) in [5.74, 6) is -1.73. The number of aryl methyl sites for hydroxylation is 1. The Kier molecular flexibility index (Phi) is 6.57. The van der Waals surface area contributed by atoms with Crippen LogP contribution in [0.1, 0.15) is 5.56 Å². The van der Waals surface area contributed by atoms with Crippen molar-refractivity contribution >= 4 is 38.9 Å². The molecule has 0 saturated heterocycles. The van der Waals surface area contributed by atoms with Crippen LogP contribution in [0.2, 0.25) is 5.02 Å². The van der Waals surface area contributed by atoms with Gasteiger partial charge in [-0.05, 0) is 61.0 Å². The van der Waals surface area contributed by atoms with Gasteiger partial charge in [0.25, 0.3) is 15.9 Å². The smallest absolute Gasteiger partial charge is 0.283 e. The van der Waals surface area contributed by atoms with Crippen LogP contribution in [0.4, 0.5) is 15.8 Å². The molecule has 0 aliphatic rings. The molecule has 3 aromatic rings. The van der Waals surface area contributed by atoms with Crippen LogP contribution >= 0.6 is 11.6 Å². The van der Waals surface area contributed by atoms with Crippen molar-refractivity contribution in [2.24, 2.45) is 0 Å². The molecule has 0 radical (unpaired) electrons. The van der Waals surface area contributed by atoms with Gasteiger partial charge in [-0.25, -0.2) is 17.8 Å². The molecule has 1 heterocycles. The highest BCUT2D eigenvalue weighted by Gasteiger charge is 2.18. The summed E-state index contributed by atoms with van der Waals surface area (Å²) in [7, 11) is -3.94. The van der Waals surface area contributed by atoms with Crippen LogP contribution in [-0.2, 0) is 14.8 Å². The third-order valence-corrected chi connectivity index (χ3v) is 5.51. The van der Waals surface area contributed by atoms with Crippen molar-refractivity contribution in [3.8, 4) is 11.6 Å². The average molecular weight is 462 g/mol. The van der Waals surface area contributed by atoms with Crippen LogP contribution in [0.25, 0.3) is 0 Å². The van der Waals surface area contributed by atoms with Gasteiger partial charge in [0.05, 0.1) is 4.90 Å². The number of halogens is 2. The number of nitrogens with one attached hydrogen (secondary N) is 2. The normalized spacial score (nSPS) is 10.9. The number of amides is 1. The van der Waals surface area contributed by atoms with Gasteiger partial charge in [-0.3, -0.25) is 9.52 Å². The van der Waals surface area contributed by atoms with Crippen molar-refractivity contribution in [1.29, 1.82) is 0 Å². The molecule has 0 fully saturated rings. The van der Waals surface area contributed by atoms with E-state index in [1.165, 1.54) is 48.7 Å². The number of anilines is 2. The first-order chi connectivity index (χ1) is 14.6. The summed E-state index contributed by atoms with van der Waals surface area (Å²) in [5.41, 5.74) is 1.17. The first-order valence-corrected chi connectivity index (χ1v) is 10.7. The highest BCUT2D eigenvalue weighted by Crippen LogP contribution is 2.31. The fraction of sp³-hybridized carbons (Fsp3) is 0.0476. The lowest BCUT2D eigenvalue weighted by molar-refractivity contribution is -0.114. The van der Waals surface area contributed by atoms with Gasteiger partial charge in [0.1, 0.15) is 11.4 Å². The topological polar surface area (TPSA) is 97.4 Å². The summed E-state index contributed by atoms with van der Waals surface area (Å²) < 4.78 is 46.5. The Labute approximate surface area is 183 Å². The average Bonchev–Trinajstić information content (AvgIpc) is 2.71. The molecule has 0 unspecified atom stereocenters. The van der Waals surface area contributed by atoms with Gasteiger partial charge in [0, 0.05) is 16.9 Å². The molecule has 0 bridgehead atoms. The number of rotatable bonds is 7. The summed E-state index contributed by atoms with van der Waals surface area (Å²) in [5, 5.41) is 2.60. The van der Waals surface area contributed by atoms with Crippen molar-refractivity contribution < 1.29 is 22.3 Å². The number of ether oxygens (including phenoxy) is 1. The number of hydrogen-bond acceptors (Lipinski definition) is 5. The van der Waals surface area contributed by atoms with E-state index in [0.29, 0.717) is 17.0 Å². The van der Waals surface area contributed by atoms with E-state index in [-0.39, 0.29) is 21.5 Å². The predicted octanol–water partition coefficient (Wildman–Crippen LogP) is 5.06. The van der Waals surface area contributed by atoms with Gasteiger partial charge in [-0.2, -0.15) is 0 Å². The van der Waals surface area contributed by atoms with Gasteiger partial charge < -0.3 is 10.1 Å². The van der Waals surface area contributed by atoms with Gasteiger partial charge in [-0.1, -0.05) is 24.2 Å². The first-order valence-electron chi connectivity index (χ1n) is 8.83. The van der Waals surface area contributed by atoms with Crippen LogP contribution in [0.5, 0.6) is 11.6 Å². The van der Waals surface area contributed by atoms with E-state index in [1.54, 1.807) is 19.1 Å². The maximum Gasteiger partial charge on any atom is 0.283 e. The molecule has 0 spiro atoms. The standard InChI is InChI=1S/C21H17ClFN3O4S/c1-13-10-19(26-31(28,29)18-5-3-4-15(22)11-18)21(24-12-13)30-17-8-6-16(7-9-17)25-20(27)14(2)23/h3-12,26H,2H2,1H3,(H,25,27). The fourth-order valence-electron chi connectivity index (χ4n) is 2.47. The quantitative estimate of drug-likeness (QED) is 0.479. The van der Waals surface area contributed by atoms with Crippen LogP contribution < -0.4 is 14.8 Å². The highest BCUT2D eigenvalue weighted by atomic mass is 35.5. The Hall–Kier alpha value is -3.43. The Bertz CT molecular complexity index is 1250. The Morgan fingerprint density at radius 2 is 1.87 bits per heavy atom. The molecule has 31 heavy (non-hydrogen) atoms. The van der Waals surface area contributed by atoms with Crippen molar-refractivity contribution in [2.75, 3.05) is 10.0 Å². The van der Waals surface area contributed by atoms with Crippen molar-refractivity contribution in [3.63, 3.8) is 0 Å². The second-order valence-corrected chi connectivity index (χ2v) is 8.53. The first kappa shape index (κ1) is 22.3. The van der Waals surface area contributed by atoms with Crippen molar-refractivity contribution in [3.05, 3.63) is 83.8 Å². The Morgan fingerprint density at radius 1 is 1.16 bits per heavy atom. The molecule has 1 aromatic heterocycles. The third kappa shape index (κ3) is 5.80. The van der Waals surface area contributed by atoms with E-state index in [9.17, 15) is 17.6 Å². The lowest BCUT2D eigenvalue weighted by atomic mass is 10.3. The van der Waals surface area contributed by atoms with Crippen LogP contribution in [0.3, 0.4) is 0 Å². The number of carbonyl (C=O) groups is 1. The largest absolute Gasteiger partial charge is 0.437 e. The minimum Gasteiger partial charge on any atom is -0.437 e. The van der Waals surface area contributed by atoms with E-state index in [0.717, 1.165) is 0 Å². The summed E-state index contributed by atoms with van der Waals surface area (Å²) >= 11 is 5.90. The summed E-state index contributed by atoms with van der Waals surface area (Å²) in [4.78, 5) is 15.5. The third-order valence-electron chi connectivity index (χ3n) is 3.91. The van der Waals surface area contributed by atoms with Crippen molar-refractivity contribution in [1.82, 2.24) is 4.98 Å². The summed E-state index contributed by atoms with van der Waals surface area (Å²) in [6.07, 6.45) is 1.52. The van der Waals surface area contributed by atoms with E-state index in [1.807, 2.05) is 0 Å². The minimum atomic E-state index is -3.94. The zero-order valence-electron chi connectivity index (χ0n) is 16.2. The van der Waals surface area contributed by atoms with Crippen LogP contribution in [0.15, 0.2) is 78.1 Å². The molecular formula is C21H17ClFN3O4S. The maximum atomic E-state index is 12.8. The molecule has 0 aliphatic carbocycles. The molecule has 7 nitrogen and oxygen atoms in total. The zero-order valence-corrected chi connectivity index (χ0v) is 17.8. The zero-order chi connectivity index (χ0) is 22.6. The maximum absolute atomic E-state index is 12.8. The molecule has 2 aromatic carbocycles. The van der Waals surface area contributed by atoms with Crippen LogP contribution in [-0.4, -0.2) is 19.3 Å². The Morgan fingerprint density at radius 3 is 2.52 bits per heavy atom. The Balaban J connectivity index is 1.83. The molecule has 0 atom stereocenters. The lowest BCUT2D eigenvalue weighted by Crippen LogP contribution is -2.14. The molecule has 2 N–H and O–H groups in total. The van der Waals surface area contributed by atoms with E-state index in [4.69, 9.17) is 16.3 Å². The minimum absolute atomic E-state index is 0.0120. The van der Waals surface area contributed by atoms with Gasteiger partial charge in [0.15, 0.2) is 5.83 Å². The summed E-state index contributed by atoms with van der Waals surface area (Å²) in [6, 6.07) is 13.4. The number of benzene rings is 2. The second-order valence-electron chi connectivity index (χ2n) is 6.41. The number of aromatic nitrogens is 1. The highest BCUT2D eigenvalue weighted by molar-refractivity contribution is 7.92. The van der Waals surface area contributed by atoms with Gasteiger partial charge >= 0.3 is 0 Å². The van der Waals surface area contributed by atoms with Gasteiger partial charge in [0.2, 0.25) is 5.88 Å². The number of hydrogen-bond donors (Lipinski definition) is 2. The number of nitrogens with zero attached hydrogens (tertiary/aromatic N) is 1. The fourth-order valence-corrected chi connectivity index (χ4v) is 3.81. The lowest BCUT2D eigenvalue weighted by Gasteiger charge is -2.14. The molecule has 1 amide bonds. The molecule has 160 valence electrons. The summed E-state index contributed by atoms with van der Waals surface area (Å²) in [6.45, 7) is 4.68. The van der Waals surface area contributed by atoms with E-state index < -0.39 is 21.8 Å². The molecule has 0 saturated carbocycles. The van der Waals surface area contributed by atoms with Crippen molar-refractivity contribution in [2.45, 2.75) is 11.8 Å².